The van der Waals surface area contributed by atoms with Crippen LogP contribution in [-0.4, -0.2) is 31.9 Å². The van der Waals surface area contributed by atoms with Crippen molar-refractivity contribution in [2.45, 2.75) is 50.3 Å². The van der Waals surface area contributed by atoms with Crippen molar-refractivity contribution >= 4 is 50.7 Å². The standard InChI is InChI=1S/C27H30FN7O3S.2BrH/c1-27(2)33-25(29)32-26(30)35(27)22-7-3-5-19(15-22)10-13-24(36)31-16-21-6-4-14-34(18-21)17-20-8-11-23(12-9-20)39(28,37)38;;/h3-9,11-12,14-15,18H,10,13,16-17H2,1-2H3,(H4-,29,30,31,32,33,36);2*1H. The van der Waals surface area contributed by atoms with Crippen LogP contribution in [0.3, 0.4) is 0 Å². The molecule has 0 aliphatic carbocycles. The van der Waals surface area contributed by atoms with Crippen LogP contribution < -0.4 is 43.2 Å². The molecule has 4 rings (SSSR count). The second kappa shape index (κ2) is 14.0. The lowest BCUT2D eigenvalue weighted by molar-refractivity contribution is -0.688. The number of amides is 1. The molecule has 2 heterocycles. The summed E-state index contributed by atoms with van der Waals surface area (Å²) in [7, 11) is -4.72. The minimum Gasteiger partial charge on any atom is -1.00 e. The fourth-order valence-corrected chi connectivity index (χ4v) is 4.86. The first-order valence-electron chi connectivity index (χ1n) is 12.3. The van der Waals surface area contributed by atoms with Gasteiger partial charge in [-0.05, 0) is 56.2 Å². The van der Waals surface area contributed by atoms with Crippen LogP contribution in [0.2, 0.25) is 0 Å². The van der Waals surface area contributed by atoms with Gasteiger partial charge in [0, 0.05) is 35.8 Å². The van der Waals surface area contributed by atoms with E-state index in [4.69, 9.17) is 11.5 Å². The number of nitrogens with zero attached hydrogens (tertiary/aromatic N) is 4. The summed E-state index contributed by atoms with van der Waals surface area (Å²) >= 11 is 0. The third-order valence-electron chi connectivity index (χ3n) is 6.18. The summed E-state index contributed by atoms with van der Waals surface area (Å²) in [6, 6.07) is 17.1. The van der Waals surface area contributed by atoms with Crippen LogP contribution >= 0.6 is 17.0 Å². The Balaban J connectivity index is 0.00000294. The van der Waals surface area contributed by atoms with Gasteiger partial charge >= 0.3 is 10.2 Å². The second-order valence-electron chi connectivity index (χ2n) is 9.68. The number of pyridine rings is 1. The van der Waals surface area contributed by atoms with Crippen molar-refractivity contribution in [3.8, 4) is 0 Å². The molecule has 0 saturated carbocycles. The predicted molar refractivity (Wildman–Crippen MR) is 157 cm³/mol. The molecule has 0 radical (unpaired) electrons. The van der Waals surface area contributed by atoms with Gasteiger partial charge in [-0.2, -0.15) is 13.4 Å². The molecule has 14 heteroatoms. The van der Waals surface area contributed by atoms with Gasteiger partial charge in [0.15, 0.2) is 18.9 Å². The number of aryl methyl sites for hydroxylation is 1. The van der Waals surface area contributed by atoms with Gasteiger partial charge in [-0.3, -0.25) is 9.69 Å². The topological polar surface area (TPSA) is 147 Å². The highest BCUT2D eigenvalue weighted by atomic mass is 79.9. The maximum Gasteiger partial charge on any atom is 0.332 e. The van der Waals surface area contributed by atoms with Crippen LogP contribution in [0.1, 0.15) is 37.0 Å². The Hall–Kier alpha value is -3.36. The molecule has 1 aliphatic rings. The lowest BCUT2D eigenvalue weighted by Gasteiger charge is -2.38. The zero-order valence-corrected chi connectivity index (χ0v) is 26.6. The van der Waals surface area contributed by atoms with Gasteiger partial charge in [-0.15, -0.1) is 20.9 Å². The first-order valence-corrected chi connectivity index (χ1v) is 13.7. The quantitative estimate of drug-likeness (QED) is 0.205. The number of carbonyl (C=O) groups excluding carboxylic acids is 1. The molecule has 41 heavy (non-hydrogen) atoms. The van der Waals surface area contributed by atoms with Crippen LogP contribution in [0.15, 0.2) is 87.9 Å². The molecule has 1 amide bonds. The zero-order chi connectivity index (χ0) is 28.2. The molecular weight excluding hydrogens is 681 g/mol. The third-order valence-corrected chi connectivity index (χ3v) is 7.02. The van der Waals surface area contributed by atoms with E-state index in [9.17, 15) is 17.1 Å². The fraction of sp³-hybridized carbons (Fsp3) is 0.259. The van der Waals surface area contributed by atoms with E-state index in [1.54, 1.807) is 17.0 Å². The number of nitrogens with two attached hydrogens (primary N) is 2. The van der Waals surface area contributed by atoms with Gasteiger partial charge in [-0.1, -0.05) is 24.3 Å². The van der Waals surface area contributed by atoms with E-state index in [2.05, 4.69) is 15.3 Å². The molecule has 2 aromatic carbocycles. The summed E-state index contributed by atoms with van der Waals surface area (Å²) in [4.78, 5) is 22.5. The van der Waals surface area contributed by atoms with Gasteiger partial charge in [0.1, 0.15) is 5.66 Å². The van der Waals surface area contributed by atoms with Gasteiger partial charge in [-0.25, -0.2) is 9.56 Å². The van der Waals surface area contributed by atoms with Crippen LogP contribution in [0.4, 0.5) is 9.57 Å². The zero-order valence-electron chi connectivity index (χ0n) is 22.5. The minimum absolute atomic E-state index is 0. The molecule has 0 bridgehead atoms. The number of nitrogens with one attached hydrogen (secondary N) is 1. The van der Waals surface area contributed by atoms with Crippen molar-refractivity contribution in [2.24, 2.45) is 21.5 Å². The first-order chi connectivity index (χ1) is 18.4. The molecule has 10 nitrogen and oxygen atoms in total. The highest BCUT2D eigenvalue weighted by molar-refractivity contribution is 8.93. The molecule has 0 saturated heterocycles. The van der Waals surface area contributed by atoms with Crippen molar-refractivity contribution in [1.82, 2.24) is 5.32 Å². The Morgan fingerprint density at radius 3 is 2.39 bits per heavy atom. The van der Waals surface area contributed by atoms with Crippen molar-refractivity contribution in [1.29, 1.82) is 0 Å². The van der Waals surface area contributed by atoms with Gasteiger partial charge in [0.2, 0.25) is 17.8 Å². The molecule has 1 aromatic heterocycles. The Morgan fingerprint density at radius 1 is 1.05 bits per heavy atom. The average molecular weight is 713 g/mol. The maximum absolute atomic E-state index is 13.1. The van der Waals surface area contributed by atoms with E-state index in [1.165, 1.54) is 12.1 Å². The van der Waals surface area contributed by atoms with Gasteiger partial charge in [0.05, 0.1) is 4.90 Å². The summed E-state index contributed by atoms with van der Waals surface area (Å²) in [5.74, 6) is 0.304. The normalized spacial score (nSPS) is 14.2. The smallest absolute Gasteiger partial charge is 0.332 e. The van der Waals surface area contributed by atoms with E-state index < -0.39 is 15.9 Å². The number of halogens is 3. The Kier molecular flexibility index (Phi) is 11.6. The van der Waals surface area contributed by atoms with E-state index in [0.717, 1.165) is 22.4 Å². The number of aromatic nitrogens is 1. The first kappa shape index (κ1) is 33.8. The molecular formula is C27H32Br2FN7O3S. The van der Waals surface area contributed by atoms with Crippen molar-refractivity contribution in [3.05, 3.63) is 89.7 Å². The predicted octanol–water partition coefficient (Wildman–Crippen LogP) is -0.303. The van der Waals surface area contributed by atoms with Crippen molar-refractivity contribution < 1.29 is 38.6 Å². The molecule has 1 aliphatic heterocycles. The summed E-state index contributed by atoms with van der Waals surface area (Å²) in [6.45, 7) is 4.60. The summed E-state index contributed by atoms with van der Waals surface area (Å²) in [5, 5.41) is 2.95. The summed E-state index contributed by atoms with van der Waals surface area (Å²) in [5.41, 5.74) is 14.7. The SMILES string of the molecule is Br.CC1(C)N=C(N)N=C(N)N1c1cccc(CCC(=O)NCc2ccc[n+](Cc3ccc(S(=O)(=O)F)cc3)c2)c1.[Br-]. The second-order valence-corrected chi connectivity index (χ2v) is 11.0. The highest BCUT2D eigenvalue weighted by Crippen LogP contribution is 2.28. The Labute approximate surface area is 260 Å². The Bertz CT molecular complexity index is 1550. The molecule has 0 unspecified atom stereocenters. The number of hydrogen-bond donors (Lipinski definition) is 3. The minimum atomic E-state index is -4.72. The number of aliphatic imine (C=N–C) groups is 2. The van der Waals surface area contributed by atoms with E-state index in [0.29, 0.717) is 25.9 Å². The van der Waals surface area contributed by atoms with Crippen molar-refractivity contribution in [3.63, 3.8) is 0 Å². The number of benzene rings is 2. The lowest BCUT2D eigenvalue weighted by atomic mass is 10.1. The number of guanidine groups is 2. The monoisotopic (exact) mass is 711 g/mol. The number of anilines is 1. The maximum atomic E-state index is 13.1. The molecule has 3 aromatic rings. The van der Waals surface area contributed by atoms with E-state index in [1.807, 2.05) is 67.2 Å². The van der Waals surface area contributed by atoms with Crippen LogP contribution in [0, 0.1) is 0 Å². The number of hydrogen-bond acceptors (Lipinski definition) is 8. The molecule has 0 spiro atoms. The van der Waals surface area contributed by atoms with Gasteiger partial charge in [0.25, 0.3) is 0 Å². The van der Waals surface area contributed by atoms with Crippen LogP contribution in [0.5, 0.6) is 0 Å². The van der Waals surface area contributed by atoms with E-state index >= 15 is 0 Å². The largest absolute Gasteiger partial charge is 1.00 e. The number of carbonyl (C=O) groups is 1. The molecule has 0 atom stereocenters. The summed E-state index contributed by atoms with van der Waals surface area (Å²) < 4.78 is 37.0. The van der Waals surface area contributed by atoms with E-state index in [-0.39, 0.29) is 56.7 Å². The van der Waals surface area contributed by atoms with Crippen LogP contribution in [-0.2, 0) is 34.5 Å². The lowest BCUT2D eigenvalue weighted by Crippen LogP contribution is -3.00. The van der Waals surface area contributed by atoms with Crippen LogP contribution in [0.25, 0.3) is 0 Å². The third kappa shape index (κ3) is 9.07. The summed E-state index contributed by atoms with van der Waals surface area (Å²) in [6.07, 6.45) is 4.60. The van der Waals surface area contributed by atoms with Gasteiger partial charge < -0.3 is 33.8 Å². The highest BCUT2D eigenvalue weighted by Gasteiger charge is 2.33. The molecule has 0 fully saturated rings. The fourth-order valence-electron chi connectivity index (χ4n) is 4.40. The molecule has 5 N–H and O–H groups in total. The Morgan fingerprint density at radius 2 is 1.73 bits per heavy atom. The molecule has 220 valence electrons. The number of rotatable bonds is 9. The average Bonchev–Trinajstić information content (AvgIpc) is 2.85. The van der Waals surface area contributed by atoms with Crippen molar-refractivity contribution in [2.75, 3.05) is 4.90 Å².